The van der Waals surface area contributed by atoms with Crippen molar-refractivity contribution in [3.63, 3.8) is 0 Å². The van der Waals surface area contributed by atoms with E-state index in [1.165, 1.54) is 5.57 Å². The maximum Gasteiger partial charge on any atom is 0.0705 e. The molecule has 0 bridgehead atoms. The topological polar surface area (TPSA) is 45.4 Å². The molecule has 0 saturated carbocycles. The number of nitrogens with one attached hydrogen (secondary N) is 1. The average molecular weight is 202 g/mol. The van der Waals surface area contributed by atoms with Gasteiger partial charge in [0.05, 0.1) is 18.9 Å². The summed E-state index contributed by atoms with van der Waals surface area (Å²) < 4.78 is 5.37. The van der Waals surface area contributed by atoms with E-state index in [2.05, 4.69) is 23.9 Å². The molecule has 4 heteroatoms. The summed E-state index contributed by atoms with van der Waals surface area (Å²) in [5.41, 5.74) is 9.25. The zero-order valence-electron chi connectivity index (χ0n) is 8.59. The van der Waals surface area contributed by atoms with E-state index in [1.54, 1.807) is 0 Å². The third-order valence-corrected chi connectivity index (χ3v) is 3.12. The number of ether oxygens (including phenoxy) is 1. The van der Waals surface area contributed by atoms with Crippen LogP contribution in [0.4, 0.5) is 0 Å². The summed E-state index contributed by atoms with van der Waals surface area (Å²) in [6.45, 7) is 1.41. The standard InChI is InChI=1S/C9H18N2OS/c1-13(2,3)7-8-6-12-5-4-9(8)11-10/h10H,4-7H2,1-3H3. The zero-order valence-corrected chi connectivity index (χ0v) is 9.41. The van der Waals surface area contributed by atoms with Gasteiger partial charge in [-0.1, -0.05) is 0 Å². The number of nitrogens with zero attached hydrogens (tertiary/aromatic N) is 1. The predicted octanol–water partition coefficient (Wildman–Crippen LogP) is 2.39. The molecular weight excluding hydrogens is 184 g/mol. The van der Waals surface area contributed by atoms with Crippen LogP contribution < -0.4 is 0 Å². The lowest BCUT2D eigenvalue weighted by molar-refractivity contribution is 0.146. The molecule has 1 rings (SSSR count). The minimum atomic E-state index is -0.548. The van der Waals surface area contributed by atoms with Crippen molar-refractivity contribution in [1.29, 1.82) is 5.53 Å². The summed E-state index contributed by atoms with van der Waals surface area (Å²) >= 11 is 0. The summed E-state index contributed by atoms with van der Waals surface area (Å²) in [5, 5.41) is 3.58. The van der Waals surface area contributed by atoms with Crippen molar-refractivity contribution in [3.05, 3.63) is 11.3 Å². The SMILES string of the molecule is CS(C)(C)CC1=C(N=N)CCOC1. The Morgan fingerprint density at radius 3 is 2.69 bits per heavy atom. The molecule has 0 amide bonds. The van der Waals surface area contributed by atoms with E-state index in [0.717, 1.165) is 24.5 Å². The van der Waals surface area contributed by atoms with Gasteiger partial charge in [0.1, 0.15) is 0 Å². The Kier molecular flexibility index (Phi) is 3.50. The molecule has 0 unspecified atom stereocenters. The van der Waals surface area contributed by atoms with E-state index < -0.39 is 10.0 Å². The van der Waals surface area contributed by atoms with E-state index in [4.69, 9.17) is 10.3 Å². The Morgan fingerprint density at radius 2 is 2.15 bits per heavy atom. The van der Waals surface area contributed by atoms with Crippen LogP contribution in [0.3, 0.4) is 0 Å². The van der Waals surface area contributed by atoms with Gasteiger partial charge in [0, 0.05) is 12.2 Å². The van der Waals surface area contributed by atoms with Crippen molar-refractivity contribution < 1.29 is 4.74 Å². The summed E-state index contributed by atoms with van der Waals surface area (Å²) in [4.78, 5) is 0. The van der Waals surface area contributed by atoms with Crippen molar-refractivity contribution in [2.45, 2.75) is 6.42 Å². The molecule has 0 atom stereocenters. The molecule has 13 heavy (non-hydrogen) atoms. The van der Waals surface area contributed by atoms with Crippen LogP contribution in [0.25, 0.3) is 0 Å². The molecule has 0 spiro atoms. The molecule has 1 heterocycles. The van der Waals surface area contributed by atoms with Gasteiger partial charge < -0.3 is 4.74 Å². The molecule has 0 aromatic heterocycles. The number of hydrogen-bond acceptors (Lipinski definition) is 3. The zero-order chi connectivity index (χ0) is 9.90. The van der Waals surface area contributed by atoms with Gasteiger partial charge in [0.2, 0.25) is 0 Å². The molecule has 0 aromatic rings. The summed E-state index contributed by atoms with van der Waals surface area (Å²) in [6, 6.07) is 0. The van der Waals surface area contributed by atoms with Gasteiger partial charge in [-0.15, -0.1) is 0 Å². The largest absolute Gasteiger partial charge is 0.377 e. The molecule has 76 valence electrons. The first-order valence-corrected chi connectivity index (χ1v) is 7.38. The first-order chi connectivity index (χ1) is 6.03. The van der Waals surface area contributed by atoms with Gasteiger partial charge in [0.25, 0.3) is 0 Å². The highest BCUT2D eigenvalue weighted by atomic mass is 32.3. The Hall–Kier alpha value is -0.350. The third kappa shape index (κ3) is 3.48. The van der Waals surface area contributed by atoms with Crippen LogP contribution in [-0.2, 0) is 4.74 Å². The van der Waals surface area contributed by atoms with E-state index >= 15 is 0 Å². The lowest BCUT2D eigenvalue weighted by Crippen LogP contribution is -2.15. The normalized spacial score (nSPS) is 20.2. The second kappa shape index (κ2) is 4.24. The summed E-state index contributed by atoms with van der Waals surface area (Å²) in [5.74, 6) is 1.06. The Bertz CT molecular complexity index is 230. The van der Waals surface area contributed by atoms with Crippen LogP contribution in [0, 0.1) is 5.53 Å². The fraction of sp³-hybridized carbons (Fsp3) is 0.778. The molecule has 1 N–H and O–H groups in total. The van der Waals surface area contributed by atoms with Gasteiger partial charge in [-0.3, -0.25) is 0 Å². The highest BCUT2D eigenvalue weighted by Crippen LogP contribution is 2.38. The van der Waals surface area contributed by atoms with Gasteiger partial charge >= 0.3 is 0 Å². The van der Waals surface area contributed by atoms with Crippen molar-refractivity contribution in [3.8, 4) is 0 Å². The van der Waals surface area contributed by atoms with Crippen LogP contribution >= 0.6 is 10.0 Å². The highest BCUT2D eigenvalue weighted by Gasteiger charge is 2.16. The highest BCUT2D eigenvalue weighted by molar-refractivity contribution is 8.32. The fourth-order valence-corrected chi connectivity index (χ4v) is 2.70. The lowest BCUT2D eigenvalue weighted by atomic mass is 10.2. The smallest absolute Gasteiger partial charge is 0.0705 e. The molecular formula is C9H18N2OS. The average Bonchev–Trinajstić information content (AvgIpc) is 2.02. The number of hydrogen-bond donors (Lipinski definition) is 1. The Labute approximate surface area is 81.4 Å². The van der Waals surface area contributed by atoms with Gasteiger partial charge in [-0.25, -0.2) is 15.6 Å². The maximum absolute atomic E-state index is 7.06. The van der Waals surface area contributed by atoms with Crippen molar-refractivity contribution in [1.82, 2.24) is 0 Å². The van der Waals surface area contributed by atoms with E-state index in [0.29, 0.717) is 6.61 Å². The van der Waals surface area contributed by atoms with Gasteiger partial charge in [-0.2, -0.15) is 5.11 Å². The fourth-order valence-electron chi connectivity index (χ4n) is 1.41. The Balaban J connectivity index is 2.73. The molecule has 0 aliphatic carbocycles. The van der Waals surface area contributed by atoms with Crippen LogP contribution in [-0.4, -0.2) is 37.7 Å². The van der Waals surface area contributed by atoms with E-state index in [-0.39, 0.29) is 0 Å². The summed E-state index contributed by atoms with van der Waals surface area (Å²) in [6.07, 6.45) is 7.64. The molecule has 0 radical (unpaired) electrons. The van der Waals surface area contributed by atoms with Gasteiger partial charge in [0.15, 0.2) is 0 Å². The molecule has 3 nitrogen and oxygen atoms in total. The maximum atomic E-state index is 7.06. The van der Waals surface area contributed by atoms with E-state index in [9.17, 15) is 0 Å². The predicted molar refractivity (Wildman–Crippen MR) is 57.8 cm³/mol. The molecule has 1 aliphatic heterocycles. The lowest BCUT2D eigenvalue weighted by Gasteiger charge is -2.29. The van der Waals surface area contributed by atoms with Crippen LogP contribution in [0.2, 0.25) is 0 Å². The molecule has 0 aromatic carbocycles. The summed E-state index contributed by atoms with van der Waals surface area (Å²) in [7, 11) is -0.548. The van der Waals surface area contributed by atoms with Crippen molar-refractivity contribution >= 4 is 10.0 Å². The number of rotatable bonds is 3. The van der Waals surface area contributed by atoms with Gasteiger partial charge in [-0.05, 0) is 24.3 Å². The molecule has 0 saturated heterocycles. The Morgan fingerprint density at radius 1 is 1.46 bits per heavy atom. The minimum Gasteiger partial charge on any atom is -0.377 e. The third-order valence-electron chi connectivity index (χ3n) is 1.91. The van der Waals surface area contributed by atoms with E-state index in [1.807, 2.05) is 0 Å². The first kappa shape index (κ1) is 10.7. The minimum absolute atomic E-state index is 0.548. The van der Waals surface area contributed by atoms with Crippen LogP contribution in [0.5, 0.6) is 0 Å². The molecule has 1 aliphatic rings. The monoisotopic (exact) mass is 202 g/mol. The quantitative estimate of drug-likeness (QED) is 0.702. The molecule has 0 fully saturated rings. The van der Waals surface area contributed by atoms with Crippen LogP contribution in [0.1, 0.15) is 6.42 Å². The van der Waals surface area contributed by atoms with Crippen LogP contribution in [0.15, 0.2) is 16.4 Å². The first-order valence-electron chi connectivity index (χ1n) is 4.35. The second-order valence-corrected chi connectivity index (χ2v) is 8.67. The second-order valence-electron chi connectivity index (χ2n) is 4.20. The van der Waals surface area contributed by atoms with Crippen molar-refractivity contribution in [2.75, 3.05) is 37.7 Å². The van der Waals surface area contributed by atoms with Crippen molar-refractivity contribution in [2.24, 2.45) is 5.11 Å².